The standard InChI is InChI=1S/C10H20N2O2/c1-9-6-12(4-3-11-9)7-10-2-5-13-8-14-10/h9-11H,2-8H2,1H3/t9-,10?/m1/s1. The summed E-state index contributed by atoms with van der Waals surface area (Å²) in [6, 6.07) is 0.614. The van der Waals surface area contributed by atoms with Gasteiger partial charge in [0.05, 0.1) is 12.7 Å². The van der Waals surface area contributed by atoms with E-state index in [0.717, 1.165) is 39.2 Å². The van der Waals surface area contributed by atoms with Crippen molar-refractivity contribution in [3.05, 3.63) is 0 Å². The molecule has 0 spiro atoms. The SMILES string of the molecule is C[C@@H]1CN(CC2CCOCO2)CCN1. The first-order valence-corrected chi connectivity index (χ1v) is 5.49. The number of rotatable bonds is 2. The third-order valence-electron chi connectivity index (χ3n) is 2.89. The van der Waals surface area contributed by atoms with E-state index in [-0.39, 0.29) is 0 Å². The molecule has 2 aliphatic rings. The molecule has 1 unspecified atom stereocenters. The zero-order valence-electron chi connectivity index (χ0n) is 8.87. The normalized spacial score (nSPS) is 35.8. The van der Waals surface area contributed by atoms with Gasteiger partial charge in [0.1, 0.15) is 6.79 Å². The Balaban J connectivity index is 1.72. The van der Waals surface area contributed by atoms with Crippen LogP contribution >= 0.6 is 0 Å². The van der Waals surface area contributed by atoms with Crippen LogP contribution in [-0.4, -0.2) is 56.6 Å². The molecule has 2 aliphatic heterocycles. The molecule has 0 bridgehead atoms. The monoisotopic (exact) mass is 200 g/mol. The fourth-order valence-corrected chi connectivity index (χ4v) is 2.11. The number of ether oxygens (including phenoxy) is 2. The molecule has 4 nitrogen and oxygen atoms in total. The molecule has 2 fully saturated rings. The number of piperazine rings is 1. The van der Waals surface area contributed by atoms with Gasteiger partial charge in [0, 0.05) is 32.2 Å². The molecule has 14 heavy (non-hydrogen) atoms. The minimum Gasteiger partial charge on any atom is -0.355 e. The maximum atomic E-state index is 5.53. The first-order valence-electron chi connectivity index (χ1n) is 5.49. The smallest absolute Gasteiger partial charge is 0.147 e. The lowest BCUT2D eigenvalue weighted by atomic mass is 10.2. The van der Waals surface area contributed by atoms with E-state index in [1.807, 2.05) is 0 Å². The van der Waals surface area contributed by atoms with Crippen LogP contribution in [0.25, 0.3) is 0 Å². The van der Waals surface area contributed by atoms with Crippen LogP contribution in [-0.2, 0) is 9.47 Å². The molecule has 2 heterocycles. The summed E-state index contributed by atoms with van der Waals surface area (Å²) in [4.78, 5) is 2.48. The van der Waals surface area contributed by atoms with Crippen LogP contribution in [0, 0.1) is 0 Å². The van der Waals surface area contributed by atoms with Gasteiger partial charge in [-0.05, 0) is 13.3 Å². The summed E-state index contributed by atoms with van der Waals surface area (Å²) < 4.78 is 10.7. The van der Waals surface area contributed by atoms with Crippen molar-refractivity contribution in [1.82, 2.24) is 10.2 Å². The quantitative estimate of drug-likeness (QED) is 0.682. The number of hydrogen-bond acceptors (Lipinski definition) is 4. The van der Waals surface area contributed by atoms with Crippen LogP contribution < -0.4 is 5.32 Å². The van der Waals surface area contributed by atoms with Gasteiger partial charge in [-0.25, -0.2) is 0 Å². The van der Waals surface area contributed by atoms with E-state index >= 15 is 0 Å². The second-order valence-electron chi connectivity index (χ2n) is 4.22. The van der Waals surface area contributed by atoms with Crippen molar-refractivity contribution in [2.75, 3.05) is 39.6 Å². The van der Waals surface area contributed by atoms with Gasteiger partial charge in [-0.3, -0.25) is 4.90 Å². The summed E-state index contributed by atoms with van der Waals surface area (Å²) in [6.07, 6.45) is 1.42. The molecule has 2 saturated heterocycles. The number of hydrogen-bond donors (Lipinski definition) is 1. The summed E-state index contributed by atoms with van der Waals surface area (Å²) in [5.74, 6) is 0. The van der Waals surface area contributed by atoms with Gasteiger partial charge < -0.3 is 14.8 Å². The predicted molar refractivity (Wildman–Crippen MR) is 54.2 cm³/mol. The Bertz CT molecular complexity index is 172. The van der Waals surface area contributed by atoms with Gasteiger partial charge in [0.2, 0.25) is 0 Å². The van der Waals surface area contributed by atoms with E-state index < -0.39 is 0 Å². The van der Waals surface area contributed by atoms with Crippen molar-refractivity contribution < 1.29 is 9.47 Å². The molecule has 0 saturated carbocycles. The van der Waals surface area contributed by atoms with Crippen molar-refractivity contribution in [3.8, 4) is 0 Å². The van der Waals surface area contributed by atoms with E-state index in [4.69, 9.17) is 9.47 Å². The van der Waals surface area contributed by atoms with Crippen molar-refractivity contribution in [2.24, 2.45) is 0 Å². The Kier molecular flexibility index (Phi) is 3.75. The molecule has 0 amide bonds. The average Bonchev–Trinajstić information content (AvgIpc) is 2.19. The number of nitrogens with one attached hydrogen (secondary N) is 1. The van der Waals surface area contributed by atoms with Crippen molar-refractivity contribution >= 4 is 0 Å². The van der Waals surface area contributed by atoms with Gasteiger partial charge in [0.25, 0.3) is 0 Å². The van der Waals surface area contributed by atoms with Gasteiger partial charge >= 0.3 is 0 Å². The van der Waals surface area contributed by atoms with Crippen LogP contribution in [0.5, 0.6) is 0 Å². The van der Waals surface area contributed by atoms with E-state index in [1.165, 1.54) is 0 Å². The van der Waals surface area contributed by atoms with Gasteiger partial charge in [-0.2, -0.15) is 0 Å². The molecule has 1 N–H and O–H groups in total. The second kappa shape index (κ2) is 5.07. The summed E-state index contributed by atoms with van der Waals surface area (Å²) in [5.41, 5.74) is 0. The van der Waals surface area contributed by atoms with Gasteiger partial charge in [-0.1, -0.05) is 0 Å². The number of nitrogens with zero attached hydrogens (tertiary/aromatic N) is 1. The fourth-order valence-electron chi connectivity index (χ4n) is 2.11. The lowest BCUT2D eigenvalue weighted by Crippen LogP contribution is -2.51. The average molecular weight is 200 g/mol. The first-order chi connectivity index (χ1) is 6.84. The molecule has 0 radical (unpaired) electrons. The van der Waals surface area contributed by atoms with E-state index in [0.29, 0.717) is 18.9 Å². The highest BCUT2D eigenvalue weighted by molar-refractivity contribution is 4.77. The Morgan fingerprint density at radius 1 is 1.50 bits per heavy atom. The lowest BCUT2D eigenvalue weighted by molar-refractivity contribution is -0.145. The topological polar surface area (TPSA) is 33.7 Å². The molecule has 0 aliphatic carbocycles. The van der Waals surface area contributed by atoms with Crippen molar-refractivity contribution in [2.45, 2.75) is 25.5 Å². The van der Waals surface area contributed by atoms with Gasteiger partial charge in [-0.15, -0.1) is 0 Å². The van der Waals surface area contributed by atoms with E-state index in [9.17, 15) is 0 Å². The lowest BCUT2D eigenvalue weighted by Gasteiger charge is -2.35. The molecular formula is C10H20N2O2. The molecular weight excluding hydrogens is 180 g/mol. The maximum absolute atomic E-state index is 5.53. The van der Waals surface area contributed by atoms with Crippen molar-refractivity contribution in [1.29, 1.82) is 0 Å². The second-order valence-corrected chi connectivity index (χ2v) is 4.22. The largest absolute Gasteiger partial charge is 0.355 e. The molecule has 0 aromatic rings. The minimum absolute atomic E-state index is 0.383. The molecule has 82 valence electrons. The highest BCUT2D eigenvalue weighted by Gasteiger charge is 2.21. The summed E-state index contributed by atoms with van der Waals surface area (Å²) in [5, 5.41) is 3.44. The Morgan fingerprint density at radius 3 is 3.14 bits per heavy atom. The zero-order chi connectivity index (χ0) is 9.80. The Morgan fingerprint density at radius 2 is 2.43 bits per heavy atom. The third kappa shape index (κ3) is 2.92. The highest BCUT2D eigenvalue weighted by Crippen LogP contribution is 2.09. The molecule has 2 rings (SSSR count). The summed E-state index contributed by atoms with van der Waals surface area (Å²) in [7, 11) is 0. The molecule has 0 aromatic carbocycles. The van der Waals surface area contributed by atoms with Gasteiger partial charge in [0.15, 0.2) is 0 Å². The molecule has 4 heteroatoms. The molecule has 0 aromatic heterocycles. The Labute approximate surface area is 85.5 Å². The van der Waals surface area contributed by atoms with E-state index in [1.54, 1.807) is 0 Å². The van der Waals surface area contributed by atoms with Crippen LogP contribution in [0.15, 0.2) is 0 Å². The maximum Gasteiger partial charge on any atom is 0.147 e. The first kappa shape index (κ1) is 10.4. The van der Waals surface area contributed by atoms with E-state index in [2.05, 4.69) is 17.1 Å². The Hall–Kier alpha value is -0.160. The highest BCUT2D eigenvalue weighted by atomic mass is 16.7. The zero-order valence-corrected chi connectivity index (χ0v) is 8.87. The summed E-state index contributed by atoms with van der Waals surface area (Å²) in [6.45, 7) is 8.02. The van der Waals surface area contributed by atoms with Crippen LogP contribution in [0.3, 0.4) is 0 Å². The van der Waals surface area contributed by atoms with Crippen LogP contribution in [0.1, 0.15) is 13.3 Å². The summed E-state index contributed by atoms with van der Waals surface area (Å²) >= 11 is 0. The van der Waals surface area contributed by atoms with Crippen molar-refractivity contribution in [3.63, 3.8) is 0 Å². The van der Waals surface area contributed by atoms with Crippen LogP contribution in [0.2, 0.25) is 0 Å². The fraction of sp³-hybridized carbons (Fsp3) is 1.00. The predicted octanol–water partition coefficient (Wildman–Crippen LogP) is 0.0431. The third-order valence-corrected chi connectivity index (χ3v) is 2.89. The minimum atomic E-state index is 0.383. The molecule has 2 atom stereocenters. The van der Waals surface area contributed by atoms with Crippen LogP contribution in [0.4, 0.5) is 0 Å².